The molecule has 3 rings (SSSR count). The molecule has 1 aliphatic carbocycles. The fraction of sp³-hybridized carbons (Fsp3) is 0.259. The highest BCUT2D eigenvalue weighted by atomic mass is 14.9. The lowest BCUT2D eigenvalue weighted by Gasteiger charge is -2.19. The second kappa shape index (κ2) is 8.48. The van der Waals surface area contributed by atoms with Gasteiger partial charge in [0.05, 0.1) is 0 Å². The van der Waals surface area contributed by atoms with Crippen LogP contribution in [0.2, 0.25) is 0 Å². The standard InChI is InChI=1S/C27H31N/c1-7-19(3)21(5)27-22(6)26(28-17-23-14-12-18(2)13-15-23)16-25(27)24-11-9-8-10-20(24)4/h7-16,22,28H,1,17H2,2-6H3/b21-19+. The molecule has 1 atom stereocenters. The van der Waals surface area contributed by atoms with Crippen molar-refractivity contribution < 1.29 is 0 Å². The van der Waals surface area contributed by atoms with E-state index in [-0.39, 0.29) is 0 Å². The Labute approximate surface area is 170 Å². The molecule has 144 valence electrons. The molecule has 0 aliphatic heterocycles. The van der Waals surface area contributed by atoms with Crippen molar-refractivity contribution >= 4 is 5.57 Å². The molecule has 2 aromatic carbocycles. The Hall–Kier alpha value is -2.80. The molecule has 1 aliphatic rings. The fourth-order valence-corrected chi connectivity index (χ4v) is 3.85. The highest BCUT2D eigenvalue weighted by Gasteiger charge is 2.27. The van der Waals surface area contributed by atoms with Gasteiger partial charge in [-0.1, -0.05) is 73.7 Å². The molecule has 1 unspecified atom stereocenters. The maximum atomic E-state index is 3.98. The average Bonchev–Trinajstić information content (AvgIpc) is 3.02. The van der Waals surface area contributed by atoms with E-state index in [9.17, 15) is 0 Å². The zero-order valence-corrected chi connectivity index (χ0v) is 17.8. The maximum absolute atomic E-state index is 3.98. The predicted molar refractivity (Wildman–Crippen MR) is 122 cm³/mol. The van der Waals surface area contributed by atoms with Crippen molar-refractivity contribution in [3.63, 3.8) is 0 Å². The zero-order valence-electron chi connectivity index (χ0n) is 17.8. The summed E-state index contributed by atoms with van der Waals surface area (Å²) in [5.74, 6) is 0.329. The van der Waals surface area contributed by atoms with E-state index in [0.717, 1.165) is 6.54 Å². The van der Waals surface area contributed by atoms with E-state index in [1.165, 1.54) is 50.2 Å². The number of allylic oxidation sites excluding steroid dienone is 6. The summed E-state index contributed by atoms with van der Waals surface area (Å²) in [6.45, 7) is 15.8. The van der Waals surface area contributed by atoms with Gasteiger partial charge < -0.3 is 5.32 Å². The minimum atomic E-state index is 0.329. The highest BCUT2D eigenvalue weighted by molar-refractivity contribution is 5.85. The van der Waals surface area contributed by atoms with E-state index in [1.54, 1.807) is 0 Å². The number of hydrogen-bond acceptors (Lipinski definition) is 1. The van der Waals surface area contributed by atoms with Crippen molar-refractivity contribution in [1.82, 2.24) is 5.32 Å². The molecule has 28 heavy (non-hydrogen) atoms. The fourth-order valence-electron chi connectivity index (χ4n) is 3.85. The molecule has 1 heteroatoms. The van der Waals surface area contributed by atoms with E-state index in [2.05, 4.69) is 101 Å². The van der Waals surface area contributed by atoms with Gasteiger partial charge in [0, 0.05) is 18.2 Å². The first kappa shape index (κ1) is 19.9. The summed E-state index contributed by atoms with van der Waals surface area (Å²) in [5, 5.41) is 3.70. The number of hydrogen-bond donors (Lipinski definition) is 1. The molecule has 1 nitrogen and oxygen atoms in total. The molecule has 0 radical (unpaired) electrons. The SMILES string of the molecule is C=C/C(C)=C(\C)C1=C(c2ccccc2C)C=C(NCc2ccc(C)cc2)C1C. The molecule has 1 N–H and O–H groups in total. The van der Waals surface area contributed by atoms with Gasteiger partial charge >= 0.3 is 0 Å². The quantitative estimate of drug-likeness (QED) is 0.546. The number of benzene rings is 2. The summed E-state index contributed by atoms with van der Waals surface area (Å²) < 4.78 is 0. The van der Waals surface area contributed by atoms with Crippen LogP contribution in [0.4, 0.5) is 0 Å². The van der Waals surface area contributed by atoms with Crippen molar-refractivity contribution in [3.05, 3.63) is 112 Å². The summed E-state index contributed by atoms with van der Waals surface area (Å²) in [6, 6.07) is 17.4. The van der Waals surface area contributed by atoms with Crippen molar-refractivity contribution in [2.24, 2.45) is 5.92 Å². The van der Waals surface area contributed by atoms with Crippen LogP contribution in [0.25, 0.3) is 5.57 Å². The van der Waals surface area contributed by atoms with E-state index in [4.69, 9.17) is 0 Å². The molecule has 0 fully saturated rings. The van der Waals surface area contributed by atoms with E-state index in [0.29, 0.717) is 5.92 Å². The topological polar surface area (TPSA) is 12.0 Å². The average molecular weight is 370 g/mol. The summed E-state index contributed by atoms with van der Waals surface area (Å²) in [6.07, 6.45) is 4.30. The van der Waals surface area contributed by atoms with Crippen molar-refractivity contribution in [1.29, 1.82) is 0 Å². The van der Waals surface area contributed by atoms with Crippen LogP contribution in [-0.4, -0.2) is 0 Å². The monoisotopic (exact) mass is 369 g/mol. The molecule has 2 aromatic rings. The van der Waals surface area contributed by atoms with Gasteiger partial charge in [-0.25, -0.2) is 0 Å². The van der Waals surface area contributed by atoms with E-state index < -0.39 is 0 Å². The molecule has 0 aromatic heterocycles. The van der Waals surface area contributed by atoms with Gasteiger partial charge in [0.25, 0.3) is 0 Å². The summed E-state index contributed by atoms with van der Waals surface area (Å²) in [7, 11) is 0. The number of rotatable bonds is 6. The molecule has 0 saturated carbocycles. The van der Waals surface area contributed by atoms with Gasteiger partial charge in [-0.2, -0.15) is 0 Å². The minimum absolute atomic E-state index is 0.329. The van der Waals surface area contributed by atoms with Crippen LogP contribution in [0.15, 0.2) is 89.7 Å². The number of nitrogens with one attached hydrogen (secondary N) is 1. The Kier molecular flexibility index (Phi) is 6.04. The van der Waals surface area contributed by atoms with E-state index >= 15 is 0 Å². The van der Waals surface area contributed by atoms with Crippen molar-refractivity contribution in [2.45, 2.75) is 41.2 Å². The molecule has 0 bridgehead atoms. The Bertz CT molecular complexity index is 968. The molecular formula is C27H31N. The second-order valence-corrected chi connectivity index (χ2v) is 7.81. The third-order valence-electron chi connectivity index (χ3n) is 5.84. The third kappa shape index (κ3) is 4.04. The molecular weight excluding hydrogens is 338 g/mol. The van der Waals surface area contributed by atoms with Crippen molar-refractivity contribution in [2.75, 3.05) is 0 Å². The summed E-state index contributed by atoms with van der Waals surface area (Å²) in [4.78, 5) is 0. The largest absolute Gasteiger partial charge is 0.384 e. The van der Waals surface area contributed by atoms with Crippen LogP contribution >= 0.6 is 0 Å². The van der Waals surface area contributed by atoms with Crippen LogP contribution in [0.3, 0.4) is 0 Å². The molecule has 0 amide bonds. The van der Waals surface area contributed by atoms with Gasteiger partial charge in [0.1, 0.15) is 0 Å². The van der Waals surface area contributed by atoms with Crippen LogP contribution in [-0.2, 0) is 6.54 Å². The summed E-state index contributed by atoms with van der Waals surface area (Å²) in [5.41, 5.74) is 11.8. The Morgan fingerprint density at radius 2 is 1.71 bits per heavy atom. The second-order valence-electron chi connectivity index (χ2n) is 7.81. The Balaban J connectivity index is 1.97. The molecule has 0 spiro atoms. The molecule has 0 heterocycles. The van der Waals surface area contributed by atoms with Crippen LogP contribution < -0.4 is 5.32 Å². The lowest BCUT2D eigenvalue weighted by Crippen LogP contribution is -2.18. The Morgan fingerprint density at radius 1 is 1.04 bits per heavy atom. The van der Waals surface area contributed by atoms with Crippen LogP contribution in [0.1, 0.15) is 43.0 Å². The first-order valence-corrected chi connectivity index (χ1v) is 10.0. The van der Waals surface area contributed by atoms with Gasteiger partial charge in [-0.05, 0) is 72.8 Å². The van der Waals surface area contributed by atoms with E-state index in [1.807, 2.05) is 6.08 Å². The third-order valence-corrected chi connectivity index (χ3v) is 5.84. The van der Waals surface area contributed by atoms with Gasteiger partial charge in [0.15, 0.2) is 0 Å². The van der Waals surface area contributed by atoms with Crippen LogP contribution in [0.5, 0.6) is 0 Å². The Morgan fingerprint density at radius 3 is 2.36 bits per heavy atom. The lowest BCUT2D eigenvalue weighted by molar-refractivity contribution is 0.688. The first-order chi connectivity index (χ1) is 13.4. The van der Waals surface area contributed by atoms with Crippen LogP contribution in [0, 0.1) is 19.8 Å². The minimum Gasteiger partial charge on any atom is -0.384 e. The highest BCUT2D eigenvalue weighted by Crippen LogP contribution is 2.41. The predicted octanol–water partition coefficient (Wildman–Crippen LogP) is 6.90. The lowest BCUT2D eigenvalue weighted by atomic mass is 9.88. The maximum Gasteiger partial charge on any atom is 0.0398 e. The van der Waals surface area contributed by atoms with Gasteiger partial charge in [-0.15, -0.1) is 0 Å². The molecule has 0 saturated heterocycles. The van der Waals surface area contributed by atoms with Gasteiger partial charge in [-0.3, -0.25) is 0 Å². The summed E-state index contributed by atoms with van der Waals surface area (Å²) >= 11 is 0. The van der Waals surface area contributed by atoms with Crippen molar-refractivity contribution in [3.8, 4) is 0 Å². The normalized spacial score (nSPS) is 17.3. The number of aryl methyl sites for hydroxylation is 2. The smallest absolute Gasteiger partial charge is 0.0398 e. The zero-order chi connectivity index (χ0) is 20.3. The first-order valence-electron chi connectivity index (χ1n) is 10.0. The van der Waals surface area contributed by atoms with Gasteiger partial charge in [0.2, 0.25) is 0 Å².